The molecule has 0 aliphatic rings. The Morgan fingerprint density at radius 2 is 1.80 bits per heavy atom. The van der Waals surface area contributed by atoms with Gasteiger partial charge in [-0.15, -0.1) is 0 Å². The molecule has 5 heavy (non-hydrogen) atoms. The van der Waals surface area contributed by atoms with E-state index in [1.165, 1.54) is 6.92 Å². The van der Waals surface area contributed by atoms with E-state index in [1.54, 1.807) is 22.6 Å². The largest absolute Gasteiger partial charge is 0.288 e. The summed E-state index contributed by atoms with van der Waals surface area (Å²) in [6, 6.07) is 0. The maximum absolute atomic E-state index is 9.43. The van der Waals surface area contributed by atoms with Crippen molar-refractivity contribution in [2.45, 2.75) is 6.92 Å². The maximum Gasteiger partial charge on any atom is 0.189 e. The Kier molecular flexibility index (Phi) is 8.76. The molecular formula is C2H5IOS. The van der Waals surface area contributed by atoms with Gasteiger partial charge in [-0.05, 0) is 22.6 Å². The Morgan fingerprint density at radius 1 is 1.80 bits per heavy atom. The zero-order valence-electron chi connectivity index (χ0n) is 2.79. The predicted octanol–water partition coefficient (Wildman–Crippen LogP) is 1.08. The van der Waals surface area contributed by atoms with Crippen molar-refractivity contribution >= 4 is 39.9 Å². The van der Waals surface area contributed by atoms with Gasteiger partial charge >= 0.3 is 0 Å². The van der Waals surface area contributed by atoms with E-state index in [9.17, 15) is 4.79 Å². The number of rotatable bonds is 0. The maximum atomic E-state index is 9.43. The average Bonchev–Trinajstić information content (AvgIpc) is 0.811. The van der Waals surface area contributed by atoms with Gasteiger partial charge in [0.15, 0.2) is 3.79 Å². The van der Waals surface area contributed by atoms with Crippen molar-refractivity contribution < 1.29 is 4.79 Å². The van der Waals surface area contributed by atoms with E-state index in [0.717, 1.165) is 0 Å². The van der Waals surface area contributed by atoms with Crippen LogP contribution in [0.5, 0.6) is 0 Å². The Labute approximate surface area is 51.7 Å². The van der Waals surface area contributed by atoms with E-state index < -0.39 is 0 Å². The molecule has 0 radical (unpaired) electrons. The number of hydrogen-bond donors (Lipinski definition) is 0. The Morgan fingerprint density at radius 3 is 1.80 bits per heavy atom. The second-order valence-electron chi connectivity index (χ2n) is 0.470. The highest BCUT2D eigenvalue weighted by Crippen LogP contribution is 1.76. The van der Waals surface area contributed by atoms with Crippen molar-refractivity contribution in [2.75, 3.05) is 0 Å². The normalized spacial score (nSPS) is 5.20. The first-order valence-electron chi connectivity index (χ1n) is 0.893. The second kappa shape index (κ2) is 4.75. The van der Waals surface area contributed by atoms with Crippen LogP contribution in [0, 0.1) is 0 Å². The van der Waals surface area contributed by atoms with Crippen LogP contribution in [0.1, 0.15) is 6.92 Å². The van der Waals surface area contributed by atoms with Gasteiger partial charge in [-0.3, -0.25) is 4.79 Å². The average molecular weight is 204 g/mol. The third kappa shape index (κ3) is 63.9. The minimum atomic E-state index is 0. The number of hydrogen-bond acceptors (Lipinski definition) is 1. The molecule has 0 aliphatic heterocycles. The predicted molar refractivity (Wildman–Crippen MR) is 35.1 cm³/mol. The van der Waals surface area contributed by atoms with Gasteiger partial charge in [0.1, 0.15) is 0 Å². The third-order valence-electron chi connectivity index (χ3n) is 0. The van der Waals surface area contributed by atoms with Gasteiger partial charge in [-0.2, -0.15) is 13.5 Å². The van der Waals surface area contributed by atoms with E-state index in [1.807, 2.05) is 0 Å². The van der Waals surface area contributed by atoms with Crippen LogP contribution in [-0.4, -0.2) is 3.79 Å². The molecule has 0 fully saturated rings. The molecule has 0 saturated carbocycles. The molecule has 32 valence electrons. The van der Waals surface area contributed by atoms with Gasteiger partial charge in [-0.1, -0.05) is 0 Å². The third-order valence-corrected chi connectivity index (χ3v) is 0. The van der Waals surface area contributed by atoms with Crippen molar-refractivity contribution in [3.05, 3.63) is 0 Å². The van der Waals surface area contributed by atoms with Crippen LogP contribution in [0.2, 0.25) is 0 Å². The van der Waals surface area contributed by atoms with Gasteiger partial charge in [0.05, 0.1) is 0 Å². The van der Waals surface area contributed by atoms with Gasteiger partial charge in [-0.25, -0.2) is 0 Å². The highest BCUT2D eigenvalue weighted by atomic mass is 127. The zero-order valence-corrected chi connectivity index (χ0v) is 5.94. The quantitative estimate of drug-likeness (QED) is 0.426. The second-order valence-corrected chi connectivity index (χ2v) is 1.99. The topological polar surface area (TPSA) is 17.1 Å². The fourth-order valence-electron chi connectivity index (χ4n) is 0. The fourth-order valence-corrected chi connectivity index (χ4v) is 0. The monoisotopic (exact) mass is 204 g/mol. The molecule has 0 bridgehead atoms. The molecule has 0 aromatic carbocycles. The molecule has 0 aliphatic carbocycles. The summed E-state index contributed by atoms with van der Waals surface area (Å²) in [6.07, 6.45) is 0. The van der Waals surface area contributed by atoms with E-state index in [-0.39, 0.29) is 17.3 Å². The lowest BCUT2D eigenvalue weighted by molar-refractivity contribution is -0.107. The number of carbonyl (C=O) groups is 1. The van der Waals surface area contributed by atoms with Gasteiger partial charge in [0.25, 0.3) is 0 Å². The summed E-state index contributed by atoms with van der Waals surface area (Å²) in [5, 5.41) is 0. The van der Waals surface area contributed by atoms with Crippen molar-refractivity contribution in [3.8, 4) is 0 Å². The molecule has 3 heteroatoms. The fraction of sp³-hybridized carbons (Fsp3) is 0.500. The SMILES string of the molecule is CC(=O)I.S. The minimum absolute atomic E-state index is 0. The molecule has 0 unspecified atom stereocenters. The number of halogens is 1. The molecule has 0 N–H and O–H groups in total. The molecule has 0 atom stereocenters. The first-order chi connectivity index (χ1) is 1.73. The molecule has 0 amide bonds. The minimum Gasteiger partial charge on any atom is -0.288 e. The van der Waals surface area contributed by atoms with E-state index >= 15 is 0 Å². The lowest BCUT2D eigenvalue weighted by Crippen LogP contribution is -1.60. The molecule has 0 aromatic rings. The molecular weight excluding hydrogens is 199 g/mol. The Hall–Kier alpha value is 0.750. The van der Waals surface area contributed by atoms with Crippen LogP contribution in [0.15, 0.2) is 0 Å². The van der Waals surface area contributed by atoms with Crippen LogP contribution in [0.25, 0.3) is 0 Å². The molecule has 1 nitrogen and oxygen atoms in total. The Balaban J connectivity index is 0. The van der Waals surface area contributed by atoms with Crippen molar-refractivity contribution in [3.63, 3.8) is 0 Å². The number of carbonyl (C=O) groups excluding carboxylic acids is 1. The first-order valence-corrected chi connectivity index (χ1v) is 1.97. The van der Waals surface area contributed by atoms with Gasteiger partial charge in [0, 0.05) is 6.92 Å². The summed E-state index contributed by atoms with van der Waals surface area (Å²) in [4.78, 5) is 9.43. The summed E-state index contributed by atoms with van der Waals surface area (Å²) in [5.74, 6) is 0. The van der Waals surface area contributed by atoms with Crippen molar-refractivity contribution in [2.24, 2.45) is 0 Å². The smallest absolute Gasteiger partial charge is 0.189 e. The van der Waals surface area contributed by atoms with E-state index in [4.69, 9.17) is 0 Å². The van der Waals surface area contributed by atoms with Crippen LogP contribution < -0.4 is 0 Å². The molecule has 0 rings (SSSR count). The lowest BCUT2D eigenvalue weighted by atomic mass is 11.0. The molecule has 0 heterocycles. The summed E-state index contributed by atoms with van der Waals surface area (Å²) < 4.78 is 0.137. The highest BCUT2D eigenvalue weighted by Gasteiger charge is 1.66. The van der Waals surface area contributed by atoms with Crippen molar-refractivity contribution in [1.82, 2.24) is 0 Å². The van der Waals surface area contributed by atoms with E-state index in [0.29, 0.717) is 0 Å². The summed E-state index contributed by atoms with van der Waals surface area (Å²) in [6.45, 7) is 1.51. The van der Waals surface area contributed by atoms with Crippen molar-refractivity contribution in [1.29, 1.82) is 0 Å². The standard InChI is InChI=1S/C2H3IO.H2S/c1-2(3)4;/h1H3;1H2. The summed E-state index contributed by atoms with van der Waals surface area (Å²) in [5.41, 5.74) is 0. The Bertz CT molecular complexity index is 32.6. The highest BCUT2D eigenvalue weighted by molar-refractivity contribution is 14.1. The van der Waals surface area contributed by atoms with Crippen LogP contribution in [0.4, 0.5) is 0 Å². The summed E-state index contributed by atoms with van der Waals surface area (Å²) >= 11 is 1.70. The lowest BCUT2D eigenvalue weighted by Gasteiger charge is -1.52. The first kappa shape index (κ1) is 9.23. The summed E-state index contributed by atoms with van der Waals surface area (Å²) in [7, 11) is 0. The van der Waals surface area contributed by atoms with Crippen LogP contribution in [0.3, 0.4) is 0 Å². The molecule has 0 aromatic heterocycles. The van der Waals surface area contributed by atoms with Crippen LogP contribution in [-0.2, 0) is 4.79 Å². The zero-order chi connectivity index (χ0) is 3.58. The van der Waals surface area contributed by atoms with E-state index in [2.05, 4.69) is 0 Å². The van der Waals surface area contributed by atoms with Gasteiger partial charge < -0.3 is 0 Å². The van der Waals surface area contributed by atoms with Gasteiger partial charge in [0.2, 0.25) is 0 Å². The van der Waals surface area contributed by atoms with Crippen LogP contribution >= 0.6 is 36.1 Å². The molecule has 0 spiro atoms. The molecule has 0 saturated heterocycles.